The summed E-state index contributed by atoms with van der Waals surface area (Å²) in [5.41, 5.74) is 0.196. The van der Waals surface area contributed by atoms with Crippen LogP contribution in [0.1, 0.15) is 26.5 Å². The molecule has 20 heavy (non-hydrogen) atoms. The van der Waals surface area contributed by atoms with Gasteiger partial charge in [-0.25, -0.2) is 4.79 Å². The molecule has 0 spiro atoms. The van der Waals surface area contributed by atoms with Crippen LogP contribution in [0.15, 0.2) is 12.3 Å². The van der Waals surface area contributed by atoms with E-state index in [1.807, 2.05) is 0 Å². The van der Waals surface area contributed by atoms with E-state index in [2.05, 4.69) is 5.10 Å². The van der Waals surface area contributed by atoms with Crippen molar-refractivity contribution in [3.63, 3.8) is 0 Å². The van der Waals surface area contributed by atoms with Gasteiger partial charge in [0.05, 0.1) is 24.7 Å². The highest BCUT2D eigenvalue weighted by molar-refractivity contribution is 5.73. The number of carbonyl (C=O) groups is 2. The van der Waals surface area contributed by atoms with Gasteiger partial charge in [0.1, 0.15) is 5.60 Å². The summed E-state index contributed by atoms with van der Waals surface area (Å²) in [6.07, 6.45) is 1.10. The molecule has 1 atom stereocenters. The number of carbonyl (C=O) groups excluding carboxylic acids is 1. The van der Waals surface area contributed by atoms with Gasteiger partial charge >= 0.3 is 12.1 Å². The molecule has 0 unspecified atom stereocenters. The summed E-state index contributed by atoms with van der Waals surface area (Å²) in [6, 6.07) is 1.78. The predicted octanol–water partition coefficient (Wildman–Crippen LogP) is 1.33. The summed E-state index contributed by atoms with van der Waals surface area (Å²) in [6.45, 7) is 6.02. The maximum Gasteiger partial charge on any atom is 0.410 e. The fourth-order valence-corrected chi connectivity index (χ4v) is 2.07. The lowest BCUT2D eigenvalue weighted by atomic mass is 10.1. The molecule has 1 aliphatic heterocycles. The Morgan fingerprint density at radius 1 is 1.40 bits per heavy atom. The van der Waals surface area contributed by atoms with Gasteiger partial charge in [0.2, 0.25) is 0 Å². The molecule has 7 heteroatoms. The molecule has 2 heterocycles. The molecule has 0 saturated carbocycles. The predicted molar refractivity (Wildman–Crippen MR) is 70.0 cm³/mol. The van der Waals surface area contributed by atoms with Gasteiger partial charge in [0.15, 0.2) is 0 Å². The lowest BCUT2D eigenvalue weighted by Gasteiger charge is -2.27. The third-order valence-corrected chi connectivity index (χ3v) is 2.99. The van der Waals surface area contributed by atoms with E-state index in [0.29, 0.717) is 6.54 Å². The van der Waals surface area contributed by atoms with Crippen LogP contribution in [0.3, 0.4) is 0 Å². The molecule has 0 aliphatic carbocycles. The summed E-state index contributed by atoms with van der Waals surface area (Å²) in [5.74, 6) is -1.63. The largest absolute Gasteiger partial charge is 0.481 e. The Kier molecular flexibility index (Phi) is 3.69. The number of hydrogen-bond acceptors (Lipinski definition) is 4. The van der Waals surface area contributed by atoms with E-state index in [1.165, 1.54) is 4.90 Å². The Hall–Kier alpha value is -2.05. The molecule has 1 amide bonds. The van der Waals surface area contributed by atoms with Crippen molar-refractivity contribution >= 4 is 12.1 Å². The summed E-state index contributed by atoms with van der Waals surface area (Å²) < 4.78 is 6.94. The van der Waals surface area contributed by atoms with Gasteiger partial charge < -0.3 is 14.7 Å². The molecular formula is C13H19N3O4. The van der Waals surface area contributed by atoms with Crippen LogP contribution < -0.4 is 0 Å². The van der Waals surface area contributed by atoms with Crippen LogP contribution in [0.2, 0.25) is 0 Å². The van der Waals surface area contributed by atoms with Crippen LogP contribution in [-0.4, -0.2) is 44.0 Å². The van der Waals surface area contributed by atoms with E-state index >= 15 is 0 Å². The van der Waals surface area contributed by atoms with E-state index in [1.54, 1.807) is 37.7 Å². The van der Waals surface area contributed by atoms with Gasteiger partial charge in [-0.2, -0.15) is 5.10 Å². The molecule has 1 aromatic heterocycles. The average Bonchev–Trinajstić information content (AvgIpc) is 2.64. The van der Waals surface area contributed by atoms with Gasteiger partial charge in [-0.3, -0.25) is 9.48 Å². The van der Waals surface area contributed by atoms with Crippen molar-refractivity contribution in [1.29, 1.82) is 0 Å². The Morgan fingerprint density at radius 2 is 2.10 bits per heavy atom. The van der Waals surface area contributed by atoms with Crippen molar-refractivity contribution in [3.05, 3.63) is 18.0 Å². The fourth-order valence-electron chi connectivity index (χ4n) is 2.07. The van der Waals surface area contributed by atoms with Crippen LogP contribution >= 0.6 is 0 Å². The Morgan fingerprint density at radius 3 is 2.70 bits per heavy atom. The van der Waals surface area contributed by atoms with Crippen LogP contribution in [0.4, 0.5) is 4.79 Å². The number of ether oxygens (including phenoxy) is 1. The first-order valence-electron chi connectivity index (χ1n) is 6.47. The van der Waals surface area contributed by atoms with E-state index in [0.717, 1.165) is 5.69 Å². The van der Waals surface area contributed by atoms with Crippen molar-refractivity contribution in [2.75, 3.05) is 6.54 Å². The van der Waals surface area contributed by atoms with Crippen molar-refractivity contribution in [2.45, 2.75) is 39.5 Å². The highest BCUT2D eigenvalue weighted by atomic mass is 16.6. The second-order valence-electron chi connectivity index (χ2n) is 5.90. The first kappa shape index (κ1) is 14.4. The SMILES string of the molecule is CC(C)(C)OC(=O)N1Cc2ccnn2C[C@H](C(=O)O)C1. The summed E-state index contributed by atoms with van der Waals surface area (Å²) >= 11 is 0. The topological polar surface area (TPSA) is 84.7 Å². The number of hydrogen-bond donors (Lipinski definition) is 1. The minimum Gasteiger partial charge on any atom is -0.481 e. The molecule has 7 nitrogen and oxygen atoms in total. The van der Waals surface area contributed by atoms with Gasteiger partial charge in [-0.05, 0) is 26.8 Å². The molecule has 0 aromatic carbocycles. The van der Waals surface area contributed by atoms with E-state index in [9.17, 15) is 14.7 Å². The molecule has 2 rings (SSSR count). The average molecular weight is 281 g/mol. The third kappa shape index (κ3) is 3.28. The highest BCUT2D eigenvalue weighted by Crippen LogP contribution is 2.19. The third-order valence-electron chi connectivity index (χ3n) is 2.99. The van der Waals surface area contributed by atoms with E-state index in [-0.39, 0.29) is 13.1 Å². The van der Waals surface area contributed by atoms with E-state index in [4.69, 9.17) is 4.74 Å². The molecular weight excluding hydrogens is 262 g/mol. The van der Waals surface area contributed by atoms with Crippen LogP contribution in [-0.2, 0) is 22.6 Å². The number of carboxylic acid groups (broad SMARTS) is 1. The van der Waals surface area contributed by atoms with Crippen LogP contribution in [0.25, 0.3) is 0 Å². The van der Waals surface area contributed by atoms with E-state index < -0.39 is 23.6 Å². The second kappa shape index (κ2) is 5.15. The zero-order valence-electron chi connectivity index (χ0n) is 11.9. The molecule has 1 aliphatic rings. The van der Waals surface area contributed by atoms with Gasteiger partial charge in [0.25, 0.3) is 0 Å². The zero-order valence-corrected chi connectivity index (χ0v) is 11.9. The maximum atomic E-state index is 12.1. The lowest BCUT2D eigenvalue weighted by molar-refractivity contribution is -0.142. The molecule has 1 aromatic rings. The first-order chi connectivity index (χ1) is 9.26. The summed E-state index contributed by atoms with van der Waals surface area (Å²) in [7, 11) is 0. The van der Waals surface area contributed by atoms with Gasteiger partial charge in [0, 0.05) is 12.7 Å². The molecule has 0 radical (unpaired) electrons. The molecule has 110 valence electrons. The minimum atomic E-state index is -0.943. The molecule has 1 N–H and O–H groups in total. The summed E-state index contributed by atoms with van der Waals surface area (Å²) in [4.78, 5) is 24.8. The number of aromatic nitrogens is 2. The number of nitrogens with zero attached hydrogens (tertiary/aromatic N) is 3. The Labute approximate surface area is 117 Å². The van der Waals surface area contributed by atoms with Gasteiger partial charge in [-0.15, -0.1) is 0 Å². The molecule has 0 bridgehead atoms. The van der Waals surface area contributed by atoms with Crippen molar-refractivity contribution in [3.8, 4) is 0 Å². The summed E-state index contributed by atoms with van der Waals surface area (Å²) in [5, 5.41) is 13.3. The number of aliphatic carboxylic acids is 1. The van der Waals surface area contributed by atoms with Crippen LogP contribution in [0, 0.1) is 5.92 Å². The first-order valence-corrected chi connectivity index (χ1v) is 6.47. The fraction of sp³-hybridized carbons (Fsp3) is 0.615. The highest BCUT2D eigenvalue weighted by Gasteiger charge is 2.31. The maximum absolute atomic E-state index is 12.1. The molecule has 0 saturated heterocycles. The van der Waals surface area contributed by atoms with Crippen molar-refractivity contribution in [2.24, 2.45) is 5.92 Å². The standard InChI is InChI=1S/C13H19N3O4/c1-13(2,3)20-12(19)15-6-9(11(17)18)7-16-10(8-15)4-5-14-16/h4-5,9H,6-8H2,1-3H3,(H,17,18)/t9-/m1/s1. The second-order valence-corrected chi connectivity index (χ2v) is 5.90. The Balaban J connectivity index is 2.21. The molecule has 0 fully saturated rings. The normalized spacial score (nSPS) is 19.1. The minimum absolute atomic E-state index is 0.119. The number of carboxylic acids is 1. The smallest absolute Gasteiger partial charge is 0.410 e. The Bertz CT molecular complexity index is 518. The number of fused-ring (bicyclic) bond motifs is 1. The number of rotatable bonds is 1. The quantitative estimate of drug-likeness (QED) is 0.839. The van der Waals surface area contributed by atoms with Crippen LogP contribution in [0.5, 0.6) is 0 Å². The van der Waals surface area contributed by atoms with Crippen molar-refractivity contribution in [1.82, 2.24) is 14.7 Å². The number of amides is 1. The van der Waals surface area contributed by atoms with Gasteiger partial charge in [-0.1, -0.05) is 0 Å². The lowest BCUT2D eigenvalue weighted by Crippen LogP contribution is -2.40. The van der Waals surface area contributed by atoms with Crippen molar-refractivity contribution < 1.29 is 19.4 Å². The monoisotopic (exact) mass is 281 g/mol. The zero-order chi connectivity index (χ0) is 14.9.